The van der Waals surface area contributed by atoms with Crippen LogP contribution in [0.5, 0.6) is 0 Å². The molecule has 0 aromatic carbocycles. The van der Waals surface area contributed by atoms with Crippen LogP contribution in [0.4, 0.5) is 0 Å². The van der Waals surface area contributed by atoms with E-state index in [1.807, 2.05) is 0 Å². The molecule has 0 spiro atoms. The number of allylic oxidation sites excluding steroid dienone is 2. The largest absolute Gasteiger partial charge is 0.384 e. The number of hydrogen-bond donors (Lipinski definition) is 0. The fraction of sp³-hybridized carbons (Fsp3) is 0.800. The molecule has 0 aliphatic carbocycles. The van der Waals surface area contributed by atoms with Gasteiger partial charge >= 0.3 is 0 Å². The van der Waals surface area contributed by atoms with Crippen LogP contribution in [0.3, 0.4) is 0 Å². The van der Waals surface area contributed by atoms with Gasteiger partial charge in [0.25, 0.3) is 0 Å². The van der Waals surface area contributed by atoms with Crippen LogP contribution in [0.15, 0.2) is 11.6 Å². The molecular formula is C10H20O. The maximum Gasteiger partial charge on any atom is 0.0487 e. The van der Waals surface area contributed by atoms with Gasteiger partial charge in [0.2, 0.25) is 0 Å². The molecule has 0 bridgehead atoms. The Morgan fingerprint density at radius 2 is 2.09 bits per heavy atom. The number of hydrogen-bond acceptors (Lipinski definition) is 1. The second-order valence-electron chi connectivity index (χ2n) is 3.42. The van der Waals surface area contributed by atoms with E-state index in [4.69, 9.17) is 4.74 Å². The summed E-state index contributed by atoms with van der Waals surface area (Å²) < 4.78 is 5.04. The van der Waals surface area contributed by atoms with Gasteiger partial charge in [0.15, 0.2) is 0 Å². The Morgan fingerprint density at radius 1 is 1.45 bits per heavy atom. The van der Waals surface area contributed by atoms with Crippen molar-refractivity contribution < 1.29 is 4.74 Å². The predicted molar refractivity (Wildman–Crippen MR) is 49.7 cm³/mol. The summed E-state index contributed by atoms with van der Waals surface area (Å²) in [6, 6.07) is 0. The molecule has 0 rings (SSSR count). The molecule has 1 heteroatoms. The van der Waals surface area contributed by atoms with Crippen molar-refractivity contribution in [3.8, 4) is 0 Å². The van der Waals surface area contributed by atoms with Crippen molar-refractivity contribution in [1.82, 2.24) is 0 Å². The first-order chi connectivity index (χ1) is 5.16. The molecule has 0 aromatic heterocycles. The van der Waals surface area contributed by atoms with Gasteiger partial charge in [0.1, 0.15) is 0 Å². The summed E-state index contributed by atoms with van der Waals surface area (Å²) in [6.45, 7) is 7.39. The highest BCUT2D eigenvalue weighted by atomic mass is 16.5. The maximum absolute atomic E-state index is 5.04. The third-order valence-corrected chi connectivity index (χ3v) is 1.66. The molecule has 0 amide bonds. The third kappa shape index (κ3) is 7.60. The summed E-state index contributed by atoms with van der Waals surface area (Å²) in [5.74, 6) is 0.690. The third-order valence-electron chi connectivity index (χ3n) is 1.66. The van der Waals surface area contributed by atoms with E-state index in [2.05, 4.69) is 26.8 Å². The number of methoxy groups -OCH3 is 1. The van der Waals surface area contributed by atoms with Crippen LogP contribution in [0, 0.1) is 5.92 Å². The first kappa shape index (κ1) is 10.7. The Hall–Kier alpha value is -0.300. The summed E-state index contributed by atoms with van der Waals surface area (Å²) in [5, 5.41) is 0. The highest BCUT2D eigenvalue weighted by molar-refractivity contribution is 4.92. The Balaban J connectivity index is 3.31. The minimum Gasteiger partial charge on any atom is -0.384 e. The normalized spacial score (nSPS) is 12.7. The second kappa shape index (κ2) is 6.41. The van der Waals surface area contributed by atoms with Crippen molar-refractivity contribution in [3.05, 3.63) is 11.6 Å². The van der Waals surface area contributed by atoms with Gasteiger partial charge in [0, 0.05) is 13.7 Å². The minimum absolute atomic E-state index is 0.690. The van der Waals surface area contributed by atoms with E-state index in [0.717, 1.165) is 6.61 Å². The van der Waals surface area contributed by atoms with E-state index in [9.17, 15) is 0 Å². The summed E-state index contributed by atoms with van der Waals surface area (Å²) >= 11 is 0. The average Bonchev–Trinajstić information content (AvgIpc) is 1.87. The van der Waals surface area contributed by atoms with Gasteiger partial charge in [-0.25, -0.2) is 0 Å². The van der Waals surface area contributed by atoms with E-state index in [-0.39, 0.29) is 0 Å². The molecule has 0 radical (unpaired) electrons. The molecule has 1 atom stereocenters. The molecular weight excluding hydrogens is 136 g/mol. The molecule has 11 heavy (non-hydrogen) atoms. The van der Waals surface area contributed by atoms with Gasteiger partial charge < -0.3 is 4.74 Å². The SMILES string of the molecule is COCC(C)CCC=C(C)C. The lowest BCUT2D eigenvalue weighted by Crippen LogP contribution is -2.02. The molecule has 0 heterocycles. The molecule has 0 aliphatic rings. The van der Waals surface area contributed by atoms with E-state index in [1.54, 1.807) is 7.11 Å². The van der Waals surface area contributed by atoms with Crippen molar-refractivity contribution in [1.29, 1.82) is 0 Å². The summed E-state index contributed by atoms with van der Waals surface area (Å²) in [7, 11) is 1.76. The zero-order chi connectivity index (χ0) is 8.69. The lowest BCUT2D eigenvalue weighted by atomic mass is 10.1. The van der Waals surface area contributed by atoms with Gasteiger partial charge in [-0.15, -0.1) is 0 Å². The molecule has 0 saturated carbocycles. The number of ether oxygens (including phenoxy) is 1. The Kier molecular flexibility index (Phi) is 6.24. The number of rotatable bonds is 5. The standard InChI is InChI=1S/C10H20O/c1-9(2)6-5-7-10(3)8-11-4/h6,10H,5,7-8H2,1-4H3. The van der Waals surface area contributed by atoms with Crippen LogP contribution < -0.4 is 0 Å². The zero-order valence-electron chi connectivity index (χ0n) is 8.18. The van der Waals surface area contributed by atoms with Gasteiger partial charge in [0.05, 0.1) is 0 Å². The zero-order valence-corrected chi connectivity index (χ0v) is 8.18. The maximum atomic E-state index is 5.04. The van der Waals surface area contributed by atoms with Crippen molar-refractivity contribution in [3.63, 3.8) is 0 Å². The molecule has 0 aromatic rings. The van der Waals surface area contributed by atoms with Crippen LogP contribution in [0.2, 0.25) is 0 Å². The Bertz CT molecular complexity index is 112. The molecule has 0 saturated heterocycles. The van der Waals surface area contributed by atoms with Crippen LogP contribution in [0.1, 0.15) is 33.6 Å². The fourth-order valence-corrected chi connectivity index (χ4v) is 1.02. The van der Waals surface area contributed by atoms with E-state index >= 15 is 0 Å². The highest BCUT2D eigenvalue weighted by Gasteiger charge is 1.98. The van der Waals surface area contributed by atoms with Crippen LogP contribution in [0.25, 0.3) is 0 Å². The smallest absolute Gasteiger partial charge is 0.0487 e. The monoisotopic (exact) mass is 156 g/mol. The van der Waals surface area contributed by atoms with Crippen LogP contribution in [-0.4, -0.2) is 13.7 Å². The minimum atomic E-state index is 0.690. The summed E-state index contributed by atoms with van der Waals surface area (Å²) in [6.07, 6.45) is 4.71. The average molecular weight is 156 g/mol. The molecule has 1 unspecified atom stereocenters. The Morgan fingerprint density at radius 3 is 2.55 bits per heavy atom. The van der Waals surface area contributed by atoms with Crippen molar-refractivity contribution in [2.75, 3.05) is 13.7 Å². The van der Waals surface area contributed by atoms with Gasteiger partial charge in [-0.3, -0.25) is 0 Å². The van der Waals surface area contributed by atoms with Crippen LogP contribution >= 0.6 is 0 Å². The molecule has 66 valence electrons. The molecule has 1 nitrogen and oxygen atoms in total. The Labute approximate surface area is 70.4 Å². The van der Waals surface area contributed by atoms with E-state index in [1.165, 1.54) is 18.4 Å². The quantitative estimate of drug-likeness (QED) is 0.556. The lowest BCUT2D eigenvalue weighted by Gasteiger charge is -2.07. The first-order valence-corrected chi connectivity index (χ1v) is 4.29. The summed E-state index contributed by atoms with van der Waals surface area (Å²) in [5.41, 5.74) is 1.41. The van der Waals surface area contributed by atoms with E-state index < -0.39 is 0 Å². The van der Waals surface area contributed by atoms with Crippen molar-refractivity contribution >= 4 is 0 Å². The van der Waals surface area contributed by atoms with Gasteiger partial charge in [-0.2, -0.15) is 0 Å². The van der Waals surface area contributed by atoms with Crippen LogP contribution in [-0.2, 0) is 4.74 Å². The summed E-state index contributed by atoms with van der Waals surface area (Å²) in [4.78, 5) is 0. The molecule has 0 aliphatic heterocycles. The molecule has 0 N–H and O–H groups in total. The first-order valence-electron chi connectivity index (χ1n) is 4.29. The lowest BCUT2D eigenvalue weighted by molar-refractivity contribution is 0.156. The van der Waals surface area contributed by atoms with Crippen molar-refractivity contribution in [2.45, 2.75) is 33.6 Å². The predicted octanol–water partition coefficient (Wildman–Crippen LogP) is 3.02. The highest BCUT2D eigenvalue weighted by Crippen LogP contribution is 2.07. The fourth-order valence-electron chi connectivity index (χ4n) is 1.02. The second-order valence-corrected chi connectivity index (χ2v) is 3.42. The van der Waals surface area contributed by atoms with Gasteiger partial charge in [-0.05, 0) is 32.6 Å². The van der Waals surface area contributed by atoms with Gasteiger partial charge in [-0.1, -0.05) is 18.6 Å². The molecule has 0 fully saturated rings. The topological polar surface area (TPSA) is 9.23 Å². The van der Waals surface area contributed by atoms with E-state index in [0.29, 0.717) is 5.92 Å². The van der Waals surface area contributed by atoms with Crippen molar-refractivity contribution in [2.24, 2.45) is 5.92 Å².